The summed E-state index contributed by atoms with van der Waals surface area (Å²) < 4.78 is 0. The zero-order valence-electron chi connectivity index (χ0n) is 14.0. The highest BCUT2D eigenvalue weighted by Crippen LogP contribution is 2.19. The molecule has 0 saturated carbocycles. The van der Waals surface area contributed by atoms with Crippen molar-refractivity contribution in [1.29, 1.82) is 0 Å². The topological polar surface area (TPSA) is 88.3 Å². The summed E-state index contributed by atoms with van der Waals surface area (Å²) in [7, 11) is 0. The number of nitrogens with two attached hydrogens (primary N) is 1. The van der Waals surface area contributed by atoms with E-state index in [0.29, 0.717) is 30.9 Å². The summed E-state index contributed by atoms with van der Waals surface area (Å²) >= 11 is 0. The number of aromatic nitrogens is 1. The number of carbonyl (C=O) groups excluding carboxylic acids is 2. The van der Waals surface area contributed by atoms with Gasteiger partial charge in [0.25, 0.3) is 0 Å². The molecule has 1 heterocycles. The molecule has 126 valence electrons. The van der Waals surface area contributed by atoms with E-state index in [0.717, 1.165) is 11.1 Å². The third-order valence-corrected chi connectivity index (χ3v) is 3.74. The molecule has 6 heteroatoms. The Kier molecular flexibility index (Phi) is 5.89. The van der Waals surface area contributed by atoms with Crippen molar-refractivity contribution in [1.82, 2.24) is 9.88 Å². The minimum Gasteiger partial charge on any atom is -0.397 e. The molecular formula is C18H22N4O2. The minimum atomic E-state index is -0.679. The van der Waals surface area contributed by atoms with E-state index in [4.69, 9.17) is 5.73 Å². The van der Waals surface area contributed by atoms with E-state index in [1.807, 2.05) is 32.0 Å². The molecule has 2 amide bonds. The summed E-state index contributed by atoms with van der Waals surface area (Å²) in [6.07, 6.45) is 4.09. The number of amides is 2. The predicted octanol–water partition coefficient (Wildman–Crippen LogP) is 2.00. The highest BCUT2D eigenvalue weighted by molar-refractivity contribution is 6.39. The fourth-order valence-electron chi connectivity index (χ4n) is 2.33. The van der Waals surface area contributed by atoms with Crippen LogP contribution in [0.4, 0.5) is 11.4 Å². The SMILES string of the molecule is CCN(CCc1ccncc1)C(=O)C(=O)Nc1ccc(C)cc1N. The molecule has 3 N–H and O–H groups in total. The van der Waals surface area contributed by atoms with Crippen molar-refractivity contribution in [3.63, 3.8) is 0 Å². The van der Waals surface area contributed by atoms with Crippen molar-refractivity contribution in [3.05, 3.63) is 53.9 Å². The van der Waals surface area contributed by atoms with Crippen LogP contribution < -0.4 is 11.1 Å². The van der Waals surface area contributed by atoms with E-state index in [9.17, 15) is 9.59 Å². The van der Waals surface area contributed by atoms with E-state index < -0.39 is 11.8 Å². The van der Waals surface area contributed by atoms with Gasteiger partial charge in [0, 0.05) is 25.5 Å². The summed E-state index contributed by atoms with van der Waals surface area (Å²) in [5.74, 6) is -1.24. The van der Waals surface area contributed by atoms with Gasteiger partial charge in [-0.05, 0) is 55.7 Å². The first-order valence-corrected chi connectivity index (χ1v) is 7.86. The Balaban J connectivity index is 1.98. The van der Waals surface area contributed by atoms with Crippen LogP contribution in [0.1, 0.15) is 18.1 Å². The molecule has 0 bridgehead atoms. The summed E-state index contributed by atoms with van der Waals surface area (Å²) in [5, 5.41) is 2.59. The van der Waals surface area contributed by atoms with Gasteiger partial charge in [-0.1, -0.05) is 6.07 Å². The first kappa shape index (κ1) is 17.5. The van der Waals surface area contributed by atoms with Gasteiger partial charge < -0.3 is 16.0 Å². The largest absolute Gasteiger partial charge is 0.397 e. The highest BCUT2D eigenvalue weighted by atomic mass is 16.2. The molecule has 2 aromatic rings. The lowest BCUT2D eigenvalue weighted by Crippen LogP contribution is -2.40. The first-order chi connectivity index (χ1) is 11.5. The Bertz CT molecular complexity index is 716. The van der Waals surface area contributed by atoms with Gasteiger partial charge in [-0.15, -0.1) is 0 Å². The number of hydrogen-bond acceptors (Lipinski definition) is 4. The molecule has 6 nitrogen and oxygen atoms in total. The van der Waals surface area contributed by atoms with Crippen molar-refractivity contribution in [2.24, 2.45) is 0 Å². The number of nitrogens with zero attached hydrogens (tertiary/aromatic N) is 2. The Morgan fingerprint density at radius 3 is 2.54 bits per heavy atom. The van der Waals surface area contributed by atoms with E-state index in [1.165, 1.54) is 4.90 Å². The molecule has 0 aliphatic carbocycles. The highest BCUT2D eigenvalue weighted by Gasteiger charge is 2.21. The number of likely N-dealkylation sites (N-methyl/N-ethyl adjacent to an activating group) is 1. The minimum absolute atomic E-state index is 0.441. The molecule has 0 aliphatic heterocycles. The maximum atomic E-state index is 12.3. The van der Waals surface area contributed by atoms with Crippen LogP contribution in [0.3, 0.4) is 0 Å². The lowest BCUT2D eigenvalue weighted by Gasteiger charge is -2.20. The van der Waals surface area contributed by atoms with Crippen molar-refractivity contribution >= 4 is 23.2 Å². The molecule has 0 saturated heterocycles. The standard InChI is InChI=1S/C18H22N4O2/c1-3-22(11-8-14-6-9-20-10-7-14)18(24)17(23)21-16-5-4-13(2)12-15(16)19/h4-7,9-10,12H,3,8,11,19H2,1-2H3,(H,21,23). The third kappa shape index (κ3) is 4.55. The Morgan fingerprint density at radius 1 is 1.21 bits per heavy atom. The number of aryl methyl sites for hydroxylation is 1. The zero-order chi connectivity index (χ0) is 17.5. The lowest BCUT2D eigenvalue weighted by atomic mass is 10.2. The first-order valence-electron chi connectivity index (χ1n) is 7.86. The number of hydrogen-bond donors (Lipinski definition) is 2. The summed E-state index contributed by atoms with van der Waals surface area (Å²) in [4.78, 5) is 30.0. The van der Waals surface area contributed by atoms with Gasteiger partial charge in [0.05, 0.1) is 11.4 Å². The van der Waals surface area contributed by atoms with Crippen molar-refractivity contribution in [2.45, 2.75) is 20.3 Å². The van der Waals surface area contributed by atoms with Gasteiger partial charge in [-0.3, -0.25) is 14.6 Å². The van der Waals surface area contributed by atoms with Crippen LogP contribution >= 0.6 is 0 Å². The van der Waals surface area contributed by atoms with Crippen LogP contribution in [-0.2, 0) is 16.0 Å². The second-order valence-electron chi connectivity index (χ2n) is 5.54. The van der Waals surface area contributed by atoms with Crippen molar-refractivity contribution in [2.75, 3.05) is 24.1 Å². The van der Waals surface area contributed by atoms with E-state index in [1.54, 1.807) is 24.5 Å². The normalized spacial score (nSPS) is 10.2. The smallest absolute Gasteiger partial charge is 0.313 e. The molecule has 0 unspecified atom stereocenters. The molecule has 24 heavy (non-hydrogen) atoms. The van der Waals surface area contributed by atoms with Crippen molar-refractivity contribution < 1.29 is 9.59 Å². The number of benzene rings is 1. The fraction of sp³-hybridized carbons (Fsp3) is 0.278. The average molecular weight is 326 g/mol. The van der Waals surface area contributed by atoms with E-state index >= 15 is 0 Å². The monoisotopic (exact) mass is 326 g/mol. The number of rotatable bonds is 5. The van der Waals surface area contributed by atoms with Crippen LogP contribution in [0.2, 0.25) is 0 Å². The van der Waals surface area contributed by atoms with Gasteiger partial charge in [-0.2, -0.15) is 0 Å². The molecule has 1 aromatic carbocycles. The zero-order valence-corrected chi connectivity index (χ0v) is 14.0. The van der Waals surface area contributed by atoms with Crippen molar-refractivity contribution in [3.8, 4) is 0 Å². The van der Waals surface area contributed by atoms with E-state index in [2.05, 4.69) is 10.3 Å². The molecule has 0 aliphatic rings. The van der Waals surface area contributed by atoms with Gasteiger partial charge in [0.1, 0.15) is 0 Å². The quantitative estimate of drug-likeness (QED) is 0.650. The predicted molar refractivity (Wildman–Crippen MR) is 94.4 cm³/mol. The maximum absolute atomic E-state index is 12.3. The fourth-order valence-corrected chi connectivity index (χ4v) is 2.33. The second-order valence-corrected chi connectivity index (χ2v) is 5.54. The molecule has 0 spiro atoms. The number of anilines is 2. The molecular weight excluding hydrogens is 304 g/mol. The maximum Gasteiger partial charge on any atom is 0.313 e. The number of nitrogen functional groups attached to an aromatic ring is 1. The number of pyridine rings is 1. The summed E-state index contributed by atoms with van der Waals surface area (Å²) in [6, 6.07) is 9.07. The van der Waals surface area contributed by atoms with Crippen LogP contribution in [0.15, 0.2) is 42.7 Å². The average Bonchev–Trinajstić information content (AvgIpc) is 2.58. The lowest BCUT2D eigenvalue weighted by molar-refractivity contribution is -0.143. The van der Waals surface area contributed by atoms with Crippen LogP contribution in [0.25, 0.3) is 0 Å². The Morgan fingerprint density at radius 2 is 1.92 bits per heavy atom. The van der Waals surface area contributed by atoms with Gasteiger partial charge in [-0.25, -0.2) is 0 Å². The number of carbonyl (C=O) groups is 2. The molecule has 0 fully saturated rings. The van der Waals surface area contributed by atoms with E-state index in [-0.39, 0.29) is 0 Å². The molecule has 1 aromatic heterocycles. The van der Waals surface area contributed by atoms with Gasteiger partial charge in [0.15, 0.2) is 0 Å². The summed E-state index contributed by atoms with van der Waals surface area (Å²) in [6.45, 7) is 4.68. The second kappa shape index (κ2) is 8.10. The van der Waals surface area contributed by atoms with Crippen LogP contribution in [0.5, 0.6) is 0 Å². The Labute approximate surface area is 141 Å². The molecule has 2 rings (SSSR count). The number of nitrogens with one attached hydrogen (secondary N) is 1. The Hall–Kier alpha value is -2.89. The third-order valence-electron chi connectivity index (χ3n) is 3.74. The van der Waals surface area contributed by atoms with Gasteiger partial charge in [0.2, 0.25) is 0 Å². The summed E-state index contributed by atoms with van der Waals surface area (Å²) in [5.41, 5.74) is 8.82. The molecule has 0 radical (unpaired) electrons. The van der Waals surface area contributed by atoms with Crippen LogP contribution in [-0.4, -0.2) is 34.8 Å². The van der Waals surface area contributed by atoms with Gasteiger partial charge >= 0.3 is 11.8 Å². The van der Waals surface area contributed by atoms with Crippen LogP contribution in [0, 0.1) is 6.92 Å². The molecule has 0 atom stereocenters.